The van der Waals surface area contributed by atoms with E-state index in [0.29, 0.717) is 17.8 Å². The number of hydrogen-bond donors (Lipinski definition) is 2. The Kier molecular flexibility index (Phi) is 5.41. The lowest BCUT2D eigenvalue weighted by molar-refractivity contribution is 0.0958. The number of hydrogen-bond acceptors (Lipinski definition) is 3. The Morgan fingerprint density at radius 2 is 1.75 bits per heavy atom. The van der Waals surface area contributed by atoms with Crippen molar-refractivity contribution >= 4 is 21.6 Å². The average molecular weight is 344 g/mol. The Labute approximate surface area is 142 Å². The number of aryl methyl sites for hydroxylation is 2. The minimum atomic E-state index is -3.70. The molecular formula is C18H20N2O3S. The van der Waals surface area contributed by atoms with Crippen molar-refractivity contribution in [1.82, 2.24) is 5.32 Å². The molecule has 0 bridgehead atoms. The Balaban J connectivity index is 2.18. The summed E-state index contributed by atoms with van der Waals surface area (Å²) in [4.78, 5) is 11.9. The average Bonchev–Trinajstić information content (AvgIpc) is 2.56. The molecule has 0 saturated carbocycles. The number of amides is 1. The summed E-state index contributed by atoms with van der Waals surface area (Å²) < 4.78 is 27.4. The first-order chi connectivity index (χ1) is 11.3. The molecule has 0 aliphatic heterocycles. The first-order valence-electron chi connectivity index (χ1n) is 7.43. The van der Waals surface area contributed by atoms with E-state index < -0.39 is 10.0 Å². The van der Waals surface area contributed by atoms with Gasteiger partial charge in [0.2, 0.25) is 0 Å². The summed E-state index contributed by atoms with van der Waals surface area (Å²) in [6.07, 6.45) is 1.57. The van der Waals surface area contributed by atoms with Gasteiger partial charge in [0, 0.05) is 17.8 Å². The highest BCUT2D eigenvalue weighted by Gasteiger charge is 2.15. The predicted octanol–water partition coefficient (Wildman–Crippen LogP) is 3.02. The third-order valence-corrected chi connectivity index (χ3v) is 4.99. The molecule has 2 N–H and O–H groups in total. The molecule has 0 unspecified atom stereocenters. The van der Waals surface area contributed by atoms with Crippen LogP contribution in [0.15, 0.2) is 60.0 Å². The predicted molar refractivity (Wildman–Crippen MR) is 95.7 cm³/mol. The minimum Gasteiger partial charge on any atom is -0.349 e. The first kappa shape index (κ1) is 17.7. The molecular weight excluding hydrogens is 324 g/mol. The van der Waals surface area contributed by atoms with Crippen LogP contribution in [-0.2, 0) is 10.0 Å². The van der Waals surface area contributed by atoms with E-state index in [1.165, 1.54) is 24.3 Å². The van der Waals surface area contributed by atoms with Gasteiger partial charge < -0.3 is 5.32 Å². The second-order valence-electron chi connectivity index (χ2n) is 5.43. The normalized spacial score (nSPS) is 10.9. The molecule has 0 radical (unpaired) electrons. The van der Waals surface area contributed by atoms with Gasteiger partial charge in [-0.25, -0.2) is 8.42 Å². The van der Waals surface area contributed by atoms with Gasteiger partial charge in [-0.15, -0.1) is 6.58 Å². The number of benzene rings is 2. The molecule has 126 valence electrons. The van der Waals surface area contributed by atoms with Crippen LogP contribution in [0, 0.1) is 13.8 Å². The highest BCUT2D eigenvalue weighted by atomic mass is 32.2. The van der Waals surface area contributed by atoms with Crippen LogP contribution in [0.5, 0.6) is 0 Å². The summed E-state index contributed by atoms with van der Waals surface area (Å²) >= 11 is 0. The fourth-order valence-electron chi connectivity index (χ4n) is 2.07. The van der Waals surface area contributed by atoms with Crippen LogP contribution >= 0.6 is 0 Å². The second kappa shape index (κ2) is 7.31. The molecule has 0 fully saturated rings. The van der Waals surface area contributed by atoms with Crippen molar-refractivity contribution in [2.45, 2.75) is 18.7 Å². The molecule has 5 nitrogen and oxygen atoms in total. The Bertz CT molecular complexity index is 856. The van der Waals surface area contributed by atoms with Gasteiger partial charge in [0.25, 0.3) is 15.9 Å². The quantitative estimate of drug-likeness (QED) is 0.791. The fourth-order valence-corrected chi connectivity index (χ4v) is 3.12. The maximum absolute atomic E-state index is 12.4. The Morgan fingerprint density at radius 3 is 2.33 bits per heavy atom. The van der Waals surface area contributed by atoms with Crippen molar-refractivity contribution in [3.05, 3.63) is 71.8 Å². The zero-order valence-electron chi connectivity index (χ0n) is 13.7. The van der Waals surface area contributed by atoms with Gasteiger partial charge in [-0.3, -0.25) is 9.52 Å². The van der Waals surface area contributed by atoms with Crippen molar-refractivity contribution < 1.29 is 13.2 Å². The third-order valence-electron chi connectivity index (χ3n) is 3.59. The highest BCUT2D eigenvalue weighted by molar-refractivity contribution is 7.92. The van der Waals surface area contributed by atoms with Crippen molar-refractivity contribution in [3.8, 4) is 0 Å². The standard InChI is InChI=1S/C18H20N2O3S/c1-4-11-19-18(21)15-6-9-17(10-7-15)24(22,23)20-16-8-5-13(2)14(3)12-16/h4-10,12,20H,1,11H2,2-3H3,(H,19,21). The highest BCUT2D eigenvalue weighted by Crippen LogP contribution is 2.19. The molecule has 24 heavy (non-hydrogen) atoms. The number of anilines is 1. The number of carbonyl (C=O) groups excluding carboxylic acids is 1. The van der Waals surface area contributed by atoms with Crippen LogP contribution in [0.3, 0.4) is 0 Å². The Hall–Kier alpha value is -2.60. The fraction of sp³-hybridized carbons (Fsp3) is 0.167. The van der Waals surface area contributed by atoms with Crippen LogP contribution in [0.1, 0.15) is 21.5 Å². The molecule has 6 heteroatoms. The summed E-state index contributed by atoms with van der Waals surface area (Å²) in [6.45, 7) is 7.76. The zero-order valence-corrected chi connectivity index (χ0v) is 14.5. The smallest absolute Gasteiger partial charge is 0.261 e. The minimum absolute atomic E-state index is 0.0981. The van der Waals surface area contributed by atoms with E-state index in [-0.39, 0.29) is 10.8 Å². The van der Waals surface area contributed by atoms with Gasteiger partial charge in [-0.2, -0.15) is 0 Å². The van der Waals surface area contributed by atoms with Crippen LogP contribution in [0.4, 0.5) is 5.69 Å². The SMILES string of the molecule is C=CCNC(=O)c1ccc(S(=O)(=O)Nc2ccc(C)c(C)c2)cc1. The maximum Gasteiger partial charge on any atom is 0.261 e. The molecule has 0 heterocycles. The van der Waals surface area contributed by atoms with Gasteiger partial charge in [0.05, 0.1) is 4.90 Å². The Morgan fingerprint density at radius 1 is 1.08 bits per heavy atom. The molecule has 2 aromatic carbocycles. The number of sulfonamides is 1. The van der Waals surface area contributed by atoms with Gasteiger partial charge in [0.15, 0.2) is 0 Å². The molecule has 0 spiro atoms. The molecule has 0 aromatic heterocycles. The first-order valence-corrected chi connectivity index (χ1v) is 8.91. The zero-order chi connectivity index (χ0) is 17.7. The van der Waals surface area contributed by atoms with Crippen molar-refractivity contribution in [2.24, 2.45) is 0 Å². The van der Waals surface area contributed by atoms with Gasteiger partial charge in [-0.05, 0) is 61.4 Å². The lowest BCUT2D eigenvalue weighted by Crippen LogP contribution is -2.23. The lowest BCUT2D eigenvalue weighted by atomic mass is 10.1. The second-order valence-corrected chi connectivity index (χ2v) is 7.11. The van der Waals surface area contributed by atoms with Gasteiger partial charge >= 0.3 is 0 Å². The van der Waals surface area contributed by atoms with Gasteiger partial charge in [0.1, 0.15) is 0 Å². The number of carbonyl (C=O) groups is 1. The molecule has 0 saturated heterocycles. The van der Waals surface area contributed by atoms with E-state index >= 15 is 0 Å². The van der Waals surface area contributed by atoms with Crippen LogP contribution < -0.4 is 10.0 Å². The molecule has 0 aliphatic carbocycles. The molecule has 0 aliphatic rings. The van der Waals surface area contributed by atoms with Crippen LogP contribution in [0.2, 0.25) is 0 Å². The van der Waals surface area contributed by atoms with E-state index in [4.69, 9.17) is 0 Å². The molecule has 2 rings (SSSR count). The van der Waals surface area contributed by atoms with E-state index in [2.05, 4.69) is 16.6 Å². The van der Waals surface area contributed by atoms with E-state index in [9.17, 15) is 13.2 Å². The third kappa shape index (κ3) is 4.23. The largest absolute Gasteiger partial charge is 0.349 e. The topological polar surface area (TPSA) is 75.3 Å². The molecule has 1 amide bonds. The van der Waals surface area contributed by atoms with E-state index in [1.54, 1.807) is 18.2 Å². The van der Waals surface area contributed by atoms with Crippen LogP contribution in [0.25, 0.3) is 0 Å². The maximum atomic E-state index is 12.4. The molecule has 0 atom stereocenters. The summed E-state index contributed by atoms with van der Waals surface area (Å²) in [5.41, 5.74) is 2.99. The summed E-state index contributed by atoms with van der Waals surface area (Å²) in [7, 11) is -3.70. The van der Waals surface area contributed by atoms with E-state index in [0.717, 1.165) is 11.1 Å². The molecule has 2 aromatic rings. The van der Waals surface area contributed by atoms with Gasteiger partial charge in [-0.1, -0.05) is 12.1 Å². The monoisotopic (exact) mass is 344 g/mol. The van der Waals surface area contributed by atoms with Crippen molar-refractivity contribution in [3.63, 3.8) is 0 Å². The number of rotatable bonds is 6. The summed E-state index contributed by atoms with van der Waals surface area (Å²) in [5.74, 6) is -0.277. The summed E-state index contributed by atoms with van der Waals surface area (Å²) in [6, 6.07) is 11.1. The van der Waals surface area contributed by atoms with Crippen molar-refractivity contribution in [2.75, 3.05) is 11.3 Å². The lowest BCUT2D eigenvalue weighted by Gasteiger charge is -2.10. The summed E-state index contributed by atoms with van der Waals surface area (Å²) in [5, 5.41) is 2.64. The van der Waals surface area contributed by atoms with Crippen LogP contribution in [-0.4, -0.2) is 20.9 Å². The van der Waals surface area contributed by atoms with E-state index in [1.807, 2.05) is 19.9 Å². The van der Waals surface area contributed by atoms with Crippen molar-refractivity contribution in [1.29, 1.82) is 0 Å². The number of nitrogens with one attached hydrogen (secondary N) is 2.